The number of piperazine rings is 1. The largest absolute Gasteiger partial charge is 0.369 e. The minimum absolute atomic E-state index is 0.248. The molecule has 2 N–H and O–H groups in total. The summed E-state index contributed by atoms with van der Waals surface area (Å²) in [6, 6.07) is 0. The highest BCUT2D eigenvalue weighted by Gasteiger charge is 2.11. The van der Waals surface area contributed by atoms with E-state index in [4.69, 9.17) is 5.73 Å². The summed E-state index contributed by atoms with van der Waals surface area (Å²) >= 11 is 0. The van der Waals surface area contributed by atoms with E-state index in [0.717, 1.165) is 26.2 Å². The Morgan fingerprint density at radius 1 is 1.50 bits per heavy atom. The normalized spacial score (nSPS) is 20.8. The SMILES string of the molecule is NC(=O)CN1CC[N]CC1. The third-order valence-electron chi connectivity index (χ3n) is 1.53. The Morgan fingerprint density at radius 2 is 2.10 bits per heavy atom. The van der Waals surface area contributed by atoms with Crippen molar-refractivity contribution in [3.05, 3.63) is 0 Å². The number of hydrogen-bond donors (Lipinski definition) is 1. The number of nitrogens with zero attached hydrogens (tertiary/aromatic N) is 2. The first-order valence-corrected chi connectivity index (χ1v) is 3.43. The van der Waals surface area contributed by atoms with Gasteiger partial charge in [-0.15, -0.1) is 0 Å². The molecule has 0 atom stereocenters. The molecular weight excluding hydrogens is 130 g/mol. The molecule has 0 aromatic carbocycles. The summed E-state index contributed by atoms with van der Waals surface area (Å²) in [5.74, 6) is -0.248. The summed E-state index contributed by atoms with van der Waals surface area (Å²) in [7, 11) is 0. The van der Waals surface area contributed by atoms with Gasteiger partial charge in [-0.05, 0) is 0 Å². The van der Waals surface area contributed by atoms with Crippen molar-refractivity contribution in [2.75, 3.05) is 32.7 Å². The molecule has 1 aliphatic rings. The summed E-state index contributed by atoms with van der Waals surface area (Å²) in [6.07, 6.45) is 0. The first-order chi connectivity index (χ1) is 4.79. The van der Waals surface area contributed by atoms with Crippen LogP contribution in [0.3, 0.4) is 0 Å². The minimum atomic E-state index is -0.248. The van der Waals surface area contributed by atoms with Crippen LogP contribution in [0.4, 0.5) is 0 Å². The van der Waals surface area contributed by atoms with Crippen LogP contribution in [0.1, 0.15) is 0 Å². The molecule has 1 rings (SSSR count). The zero-order valence-corrected chi connectivity index (χ0v) is 5.92. The molecule has 0 saturated carbocycles. The summed E-state index contributed by atoms with van der Waals surface area (Å²) in [6.45, 7) is 3.82. The van der Waals surface area contributed by atoms with Crippen molar-refractivity contribution >= 4 is 5.91 Å². The van der Waals surface area contributed by atoms with Crippen molar-refractivity contribution in [2.45, 2.75) is 0 Å². The Morgan fingerprint density at radius 3 is 2.60 bits per heavy atom. The van der Waals surface area contributed by atoms with E-state index in [0.29, 0.717) is 6.54 Å². The predicted octanol–water partition coefficient (Wildman–Crippen LogP) is -1.61. The lowest BCUT2D eigenvalue weighted by molar-refractivity contribution is -0.119. The second kappa shape index (κ2) is 3.53. The first kappa shape index (κ1) is 7.50. The molecule has 0 unspecified atom stereocenters. The molecule has 57 valence electrons. The van der Waals surface area contributed by atoms with Crippen LogP contribution >= 0.6 is 0 Å². The van der Waals surface area contributed by atoms with Gasteiger partial charge in [-0.25, -0.2) is 5.32 Å². The topological polar surface area (TPSA) is 60.4 Å². The molecule has 0 bridgehead atoms. The molecule has 0 aliphatic carbocycles. The third-order valence-corrected chi connectivity index (χ3v) is 1.53. The monoisotopic (exact) mass is 142 g/mol. The van der Waals surface area contributed by atoms with Gasteiger partial charge in [-0.2, -0.15) is 0 Å². The number of rotatable bonds is 2. The van der Waals surface area contributed by atoms with E-state index in [9.17, 15) is 4.79 Å². The quantitative estimate of drug-likeness (QED) is 0.504. The van der Waals surface area contributed by atoms with Gasteiger partial charge in [-0.1, -0.05) is 0 Å². The van der Waals surface area contributed by atoms with Crippen LogP contribution in [0.25, 0.3) is 0 Å². The van der Waals surface area contributed by atoms with E-state index >= 15 is 0 Å². The third kappa shape index (κ3) is 2.33. The van der Waals surface area contributed by atoms with Gasteiger partial charge in [0.05, 0.1) is 6.54 Å². The number of carbonyl (C=O) groups excluding carboxylic acids is 1. The van der Waals surface area contributed by atoms with Gasteiger partial charge >= 0.3 is 0 Å². The number of hydrogen-bond acceptors (Lipinski definition) is 2. The lowest BCUT2D eigenvalue weighted by Crippen LogP contribution is -2.44. The van der Waals surface area contributed by atoms with Crippen LogP contribution in [0.2, 0.25) is 0 Å². The van der Waals surface area contributed by atoms with Crippen LogP contribution < -0.4 is 11.1 Å². The van der Waals surface area contributed by atoms with Gasteiger partial charge in [0.25, 0.3) is 0 Å². The first-order valence-electron chi connectivity index (χ1n) is 3.43. The minimum Gasteiger partial charge on any atom is -0.369 e. The van der Waals surface area contributed by atoms with E-state index in [-0.39, 0.29) is 5.91 Å². The summed E-state index contributed by atoms with van der Waals surface area (Å²) in [5, 5.41) is 4.14. The molecule has 1 saturated heterocycles. The van der Waals surface area contributed by atoms with Gasteiger partial charge in [0.1, 0.15) is 0 Å². The molecule has 4 heteroatoms. The van der Waals surface area contributed by atoms with Crippen molar-refractivity contribution < 1.29 is 4.79 Å². The molecule has 0 aromatic heterocycles. The van der Waals surface area contributed by atoms with Gasteiger partial charge in [-0.3, -0.25) is 9.69 Å². The Hall–Kier alpha value is -0.610. The van der Waals surface area contributed by atoms with E-state index in [1.54, 1.807) is 0 Å². The fraction of sp³-hybridized carbons (Fsp3) is 0.833. The molecule has 1 radical (unpaired) electrons. The maximum atomic E-state index is 10.4. The number of carbonyl (C=O) groups is 1. The van der Waals surface area contributed by atoms with Gasteiger partial charge in [0.15, 0.2) is 0 Å². The highest BCUT2D eigenvalue weighted by Crippen LogP contribution is 1.90. The van der Waals surface area contributed by atoms with E-state index < -0.39 is 0 Å². The molecule has 1 aliphatic heterocycles. The summed E-state index contributed by atoms with van der Waals surface area (Å²) in [5.41, 5.74) is 5.01. The number of primary amides is 1. The second-order valence-corrected chi connectivity index (χ2v) is 2.41. The lowest BCUT2D eigenvalue weighted by Gasteiger charge is -2.24. The summed E-state index contributed by atoms with van der Waals surface area (Å²) < 4.78 is 0. The van der Waals surface area contributed by atoms with Crippen molar-refractivity contribution in [3.63, 3.8) is 0 Å². The summed E-state index contributed by atoms with van der Waals surface area (Å²) in [4.78, 5) is 12.4. The van der Waals surface area contributed by atoms with Gasteiger partial charge < -0.3 is 5.73 Å². The number of nitrogens with two attached hydrogens (primary N) is 1. The van der Waals surface area contributed by atoms with E-state index in [1.165, 1.54) is 0 Å². The molecule has 0 spiro atoms. The van der Waals surface area contributed by atoms with Crippen LogP contribution in [-0.4, -0.2) is 43.5 Å². The van der Waals surface area contributed by atoms with Crippen LogP contribution in [0.5, 0.6) is 0 Å². The van der Waals surface area contributed by atoms with Gasteiger partial charge in [0.2, 0.25) is 5.91 Å². The average molecular weight is 142 g/mol. The zero-order chi connectivity index (χ0) is 7.40. The van der Waals surface area contributed by atoms with Gasteiger partial charge in [0, 0.05) is 26.2 Å². The maximum absolute atomic E-state index is 10.4. The standard InChI is InChI=1S/C6H12N3O/c7-6(10)5-9-3-1-8-2-4-9/h1-5H2,(H2,7,10). The number of amides is 1. The van der Waals surface area contributed by atoms with Crippen LogP contribution in [0, 0.1) is 0 Å². The van der Waals surface area contributed by atoms with E-state index in [1.807, 2.05) is 4.90 Å². The molecule has 1 heterocycles. The zero-order valence-electron chi connectivity index (χ0n) is 5.92. The van der Waals surface area contributed by atoms with Crippen molar-refractivity contribution in [2.24, 2.45) is 5.73 Å². The highest BCUT2D eigenvalue weighted by molar-refractivity contribution is 5.75. The fourth-order valence-corrected chi connectivity index (χ4v) is 1.03. The molecule has 0 aromatic rings. The second-order valence-electron chi connectivity index (χ2n) is 2.41. The maximum Gasteiger partial charge on any atom is 0.231 e. The lowest BCUT2D eigenvalue weighted by atomic mass is 10.3. The molecule has 1 fully saturated rings. The van der Waals surface area contributed by atoms with Crippen molar-refractivity contribution in [1.82, 2.24) is 10.2 Å². The Balaban J connectivity index is 2.19. The molecule has 10 heavy (non-hydrogen) atoms. The average Bonchev–Trinajstić information content (AvgIpc) is 1.88. The smallest absolute Gasteiger partial charge is 0.231 e. The fourth-order valence-electron chi connectivity index (χ4n) is 1.03. The van der Waals surface area contributed by atoms with E-state index in [2.05, 4.69) is 5.32 Å². The van der Waals surface area contributed by atoms with Crippen molar-refractivity contribution in [3.8, 4) is 0 Å². The predicted molar refractivity (Wildman–Crippen MR) is 37.5 cm³/mol. The molecule has 1 amide bonds. The highest BCUT2D eigenvalue weighted by atomic mass is 16.1. The van der Waals surface area contributed by atoms with Crippen LogP contribution in [-0.2, 0) is 4.79 Å². The Labute approximate surface area is 60.4 Å². The molecular formula is C6H12N3O. The Kier molecular flexibility index (Phi) is 2.65. The Bertz CT molecular complexity index is 120. The van der Waals surface area contributed by atoms with Crippen molar-refractivity contribution in [1.29, 1.82) is 0 Å². The molecule has 4 nitrogen and oxygen atoms in total. The van der Waals surface area contributed by atoms with Crippen LogP contribution in [0.15, 0.2) is 0 Å².